The van der Waals surface area contributed by atoms with E-state index < -0.39 is 0 Å². The highest BCUT2D eigenvalue weighted by atomic mass is 35.5. The third-order valence-electron chi connectivity index (χ3n) is 3.64. The fourth-order valence-corrected chi connectivity index (χ4v) is 3.00. The third kappa shape index (κ3) is 3.12. The van der Waals surface area contributed by atoms with Crippen LogP contribution in [0.15, 0.2) is 42.5 Å². The lowest BCUT2D eigenvalue weighted by Gasteiger charge is -2.12. The van der Waals surface area contributed by atoms with Crippen LogP contribution in [-0.2, 0) is 0 Å². The molecule has 0 radical (unpaired) electrons. The molecule has 0 bridgehead atoms. The summed E-state index contributed by atoms with van der Waals surface area (Å²) in [5, 5.41) is 4.72. The average molecular weight is 329 g/mol. The van der Waals surface area contributed by atoms with Crippen LogP contribution >= 0.6 is 35.6 Å². The summed E-state index contributed by atoms with van der Waals surface area (Å²) in [4.78, 5) is 0. The monoisotopic (exact) mass is 327 g/mol. The molecule has 0 spiro atoms. The van der Waals surface area contributed by atoms with Gasteiger partial charge >= 0.3 is 0 Å². The predicted octanol–water partition coefficient (Wildman–Crippen LogP) is 5.51. The van der Waals surface area contributed by atoms with Crippen LogP contribution in [0.5, 0.6) is 0 Å². The van der Waals surface area contributed by atoms with Crippen LogP contribution in [0.25, 0.3) is 11.1 Å². The van der Waals surface area contributed by atoms with Crippen molar-refractivity contribution in [3.63, 3.8) is 0 Å². The first-order valence-corrected chi connectivity index (χ1v) is 7.29. The van der Waals surface area contributed by atoms with E-state index in [0.717, 1.165) is 17.7 Å². The van der Waals surface area contributed by atoms with Gasteiger partial charge in [-0.25, -0.2) is 0 Å². The molecule has 1 N–H and O–H groups in total. The molecule has 0 saturated carbocycles. The smallest absolute Gasteiger partial charge is 0.0670 e. The molecule has 2 aromatic rings. The highest BCUT2D eigenvalue weighted by molar-refractivity contribution is 6.43. The minimum atomic E-state index is 0. The van der Waals surface area contributed by atoms with Crippen LogP contribution in [0.3, 0.4) is 0 Å². The van der Waals surface area contributed by atoms with Gasteiger partial charge in [-0.05, 0) is 36.6 Å². The first-order chi connectivity index (χ1) is 9.25. The molecule has 1 aliphatic heterocycles. The number of halogens is 3. The summed E-state index contributed by atoms with van der Waals surface area (Å²) < 4.78 is 0. The van der Waals surface area contributed by atoms with E-state index in [1.807, 2.05) is 18.2 Å². The van der Waals surface area contributed by atoms with Crippen molar-refractivity contribution >= 4 is 35.6 Å². The second-order valence-corrected chi connectivity index (χ2v) is 5.66. The molecular formula is C16H16Cl3N. The Balaban J connectivity index is 0.00000147. The number of rotatable bonds is 2. The van der Waals surface area contributed by atoms with Crippen LogP contribution in [0.4, 0.5) is 0 Å². The molecule has 1 unspecified atom stereocenters. The van der Waals surface area contributed by atoms with Crippen molar-refractivity contribution in [2.24, 2.45) is 0 Å². The van der Waals surface area contributed by atoms with Gasteiger partial charge in [0.05, 0.1) is 10.0 Å². The minimum Gasteiger partial charge on any atom is -0.310 e. The van der Waals surface area contributed by atoms with Crippen molar-refractivity contribution in [1.82, 2.24) is 5.32 Å². The standard InChI is InChI=1S/C16H15Cl2N.ClH/c17-14-4-1-3-13(16(14)18)11-6-8-12(9-7-11)15-5-2-10-19-15;/h1,3-4,6-9,15,19H,2,5,10H2;1H. The van der Waals surface area contributed by atoms with Crippen LogP contribution < -0.4 is 5.32 Å². The largest absolute Gasteiger partial charge is 0.310 e. The van der Waals surface area contributed by atoms with Crippen molar-refractivity contribution < 1.29 is 0 Å². The van der Waals surface area contributed by atoms with Crippen LogP contribution in [0.2, 0.25) is 10.0 Å². The first kappa shape index (κ1) is 15.7. The molecule has 2 aromatic carbocycles. The zero-order valence-electron chi connectivity index (χ0n) is 10.9. The zero-order valence-corrected chi connectivity index (χ0v) is 13.2. The summed E-state index contributed by atoms with van der Waals surface area (Å²) in [6.45, 7) is 1.12. The summed E-state index contributed by atoms with van der Waals surface area (Å²) in [6, 6.07) is 14.8. The SMILES string of the molecule is Cl.Clc1cccc(-c2ccc(C3CCCN3)cc2)c1Cl. The van der Waals surface area contributed by atoms with Gasteiger partial charge in [0.2, 0.25) is 0 Å². The molecule has 0 aromatic heterocycles. The Labute approximate surface area is 135 Å². The third-order valence-corrected chi connectivity index (χ3v) is 4.45. The molecule has 1 nitrogen and oxygen atoms in total. The first-order valence-electron chi connectivity index (χ1n) is 6.53. The molecule has 1 fully saturated rings. The predicted molar refractivity (Wildman–Crippen MR) is 89.1 cm³/mol. The Morgan fingerprint density at radius 2 is 1.75 bits per heavy atom. The van der Waals surface area contributed by atoms with Gasteiger partial charge in [0, 0.05) is 11.6 Å². The van der Waals surface area contributed by atoms with Crippen molar-refractivity contribution in [2.75, 3.05) is 6.54 Å². The summed E-state index contributed by atoms with van der Waals surface area (Å²) in [5.74, 6) is 0. The molecule has 106 valence electrons. The second kappa shape index (κ2) is 6.82. The van der Waals surface area contributed by atoms with Gasteiger partial charge in [0.25, 0.3) is 0 Å². The minimum absolute atomic E-state index is 0. The molecule has 4 heteroatoms. The van der Waals surface area contributed by atoms with E-state index >= 15 is 0 Å². The number of benzene rings is 2. The number of hydrogen-bond acceptors (Lipinski definition) is 1. The maximum Gasteiger partial charge on any atom is 0.0670 e. The highest BCUT2D eigenvalue weighted by Crippen LogP contribution is 2.34. The lowest BCUT2D eigenvalue weighted by atomic mass is 10.00. The number of hydrogen-bond donors (Lipinski definition) is 1. The summed E-state index contributed by atoms with van der Waals surface area (Å²) in [6.07, 6.45) is 2.48. The molecule has 0 amide bonds. The van der Waals surface area contributed by atoms with Gasteiger partial charge in [0.1, 0.15) is 0 Å². The molecule has 1 atom stereocenters. The Kier molecular flexibility index (Phi) is 5.34. The fraction of sp³-hybridized carbons (Fsp3) is 0.250. The summed E-state index contributed by atoms with van der Waals surface area (Å²) in [7, 11) is 0. The molecule has 1 saturated heterocycles. The van der Waals surface area contributed by atoms with E-state index in [-0.39, 0.29) is 12.4 Å². The lowest BCUT2D eigenvalue weighted by Crippen LogP contribution is -2.12. The Bertz CT molecular complexity index is 575. The van der Waals surface area contributed by atoms with E-state index in [1.54, 1.807) is 0 Å². The van der Waals surface area contributed by atoms with Crippen molar-refractivity contribution in [2.45, 2.75) is 18.9 Å². The second-order valence-electron chi connectivity index (χ2n) is 4.87. The highest BCUT2D eigenvalue weighted by Gasteiger charge is 2.16. The number of nitrogens with one attached hydrogen (secondary N) is 1. The van der Waals surface area contributed by atoms with E-state index in [2.05, 4.69) is 29.6 Å². The van der Waals surface area contributed by atoms with Gasteiger partial charge in [-0.2, -0.15) is 0 Å². The Hall–Kier alpha value is -0.730. The topological polar surface area (TPSA) is 12.0 Å². The molecule has 0 aliphatic carbocycles. The molecule has 1 aliphatic rings. The van der Waals surface area contributed by atoms with Gasteiger partial charge in [-0.15, -0.1) is 12.4 Å². The van der Waals surface area contributed by atoms with E-state index in [0.29, 0.717) is 16.1 Å². The van der Waals surface area contributed by atoms with Gasteiger partial charge in [-0.1, -0.05) is 59.6 Å². The van der Waals surface area contributed by atoms with Gasteiger partial charge < -0.3 is 5.32 Å². The molecular weight excluding hydrogens is 313 g/mol. The Morgan fingerprint density at radius 1 is 1.00 bits per heavy atom. The van der Waals surface area contributed by atoms with Crippen LogP contribution in [0, 0.1) is 0 Å². The summed E-state index contributed by atoms with van der Waals surface area (Å²) >= 11 is 12.3. The Morgan fingerprint density at radius 3 is 2.40 bits per heavy atom. The van der Waals surface area contributed by atoms with Crippen molar-refractivity contribution in [3.8, 4) is 11.1 Å². The maximum absolute atomic E-state index is 6.25. The lowest BCUT2D eigenvalue weighted by molar-refractivity contribution is 0.648. The zero-order chi connectivity index (χ0) is 13.2. The molecule has 1 heterocycles. The van der Waals surface area contributed by atoms with Crippen LogP contribution in [-0.4, -0.2) is 6.54 Å². The quantitative estimate of drug-likeness (QED) is 0.767. The molecule has 3 rings (SSSR count). The normalized spacial score (nSPS) is 17.8. The average Bonchev–Trinajstić information content (AvgIpc) is 2.96. The van der Waals surface area contributed by atoms with Gasteiger partial charge in [0.15, 0.2) is 0 Å². The van der Waals surface area contributed by atoms with E-state index in [4.69, 9.17) is 23.2 Å². The van der Waals surface area contributed by atoms with Crippen molar-refractivity contribution in [1.29, 1.82) is 0 Å². The van der Waals surface area contributed by atoms with E-state index in [9.17, 15) is 0 Å². The van der Waals surface area contributed by atoms with Gasteiger partial charge in [-0.3, -0.25) is 0 Å². The summed E-state index contributed by atoms with van der Waals surface area (Å²) in [5.41, 5.74) is 3.44. The van der Waals surface area contributed by atoms with E-state index in [1.165, 1.54) is 18.4 Å². The fourth-order valence-electron chi connectivity index (χ4n) is 2.59. The van der Waals surface area contributed by atoms with Crippen molar-refractivity contribution in [3.05, 3.63) is 58.1 Å². The van der Waals surface area contributed by atoms with Crippen LogP contribution in [0.1, 0.15) is 24.4 Å². The maximum atomic E-state index is 6.25. The molecule has 20 heavy (non-hydrogen) atoms.